The first kappa shape index (κ1) is 24.2. The fourth-order valence-electron chi connectivity index (χ4n) is 3.77. The largest absolute Gasteiger partial charge is 0.399 e. The molecule has 11 nitrogen and oxygen atoms in total. The molecule has 0 aliphatic carbocycles. The predicted octanol–water partition coefficient (Wildman–Crippen LogP) is 1.69. The number of hydrogen-bond donors (Lipinski definition) is 1. The van der Waals surface area contributed by atoms with Crippen molar-refractivity contribution in [1.82, 2.24) is 24.4 Å². The van der Waals surface area contributed by atoms with Gasteiger partial charge in [0.2, 0.25) is 0 Å². The van der Waals surface area contributed by atoms with Crippen LogP contribution in [0.5, 0.6) is 0 Å². The number of ether oxygens (including phenoxy) is 1. The maximum atomic E-state index is 11.0. The number of anilines is 2. The Morgan fingerprint density at radius 1 is 1.23 bits per heavy atom. The molecule has 11 heteroatoms. The summed E-state index contributed by atoms with van der Waals surface area (Å²) in [5, 5.41) is 0. The van der Waals surface area contributed by atoms with E-state index in [1.807, 2.05) is 47.8 Å². The highest BCUT2D eigenvalue weighted by atomic mass is 16.5. The van der Waals surface area contributed by atoms with Crippen LogP contribution >= 0.6 is 0 Å². The highest BCUT2D eigenvalue weighted by Crippen LogP contribution is 2.28. The minimum absolute atomic E-state index is 0.358. The molecule has 0 bridgehead atoms. The van der Waals surface area contributed by atoms with Crippen LogP contribution in [0.4, 0.5) is 11.5 Å². The second-order valence-electron chi connectivity index (χ2n) is 8.25. The molecule has 0 radical (unpaired) electrons. The van der Waals surface area contributed by atoms with Gasteiger partial charge in [-0.05, 0) is 38.0 Å². The maximum Gasteiger partial charge on any atom is 0.166 e. The third kappa shape index (κ3) is 5.58. The minimum atomic E-state index is 0.358. The number of hydrogen-bond acceptors (Lipinski definition) is 10. The van der Waals surface area contributed by atoms with Gasteiger partial charge >= 0.3 is 0 Å². The fraction of sp³-hybridized carbons (Fsp3) is 0.333. The summed E-state index contributed by atoms with van der Waals surface area (Å²) in [5.41, 5.74) is 9.31. The molecule has 1 aromatic carbocycles. The Labute approximate surface area is 203 Å². The van der Waals surface area contributed by atoms with E-state index in [0.717, 1.165) is 41.5 Å². The molecule has 0 unspecified atom stereocenters. The molecule has 0 saturated carbocycles. The zero-order valence-electron chi connectivity index (χ0n) is 20.0. The van der Waals surface area contributed by atoms with Crippen LogP contribution in [-0.4, -0.2) is 83.7 Å². The number of aryl methyl sites for hydroxylation is 1. The molecule has 1 saturated heterocycles. The summed E-state index contributed by atoms with van der Waals surface area (Å²) in [6, 6.07) is 7.54. The van der Waals surface area contributed by atoms with Gasteiger partial charge in [0.15, 0.2) is 29.1 Å². The summed E-state index contributed by atoms with van der Waals surface area (Å²) in [4.78, 5) is 37.8. The number of morpholine rings is 1. The SMILES string of the molecule is C=N/C=C(C=O)\C=N/CN(C)Cc1nc2c(N3CCOCC3)nc(-c3ccc(N)cc3)nc2n1C. The Bertz CT molecular complexity index is 1260. The van der Waals surface area contributed by atoms with E-state index in [0.29, 0.717) is 49.8 Å². The number of nitrogen functional groups attached to an aromatic ring is 1. The number of aldehydes is 1. The van der Waals surface area contributed by atoms with Crippen LogP contribution in [0.1, 0.15) is 5.82 Å². The Hall–Kier alpha value is -3.96. The van der Waals surface area contributed by atoms with Gasteiger partial charge in [-0.1, -0.05) is 0 Å². The quantitative estimate of drug-likeness (QED) is 0.214. The van der Waals surface area contributed by atoms with Crippen molar-refractivity contribution in [1.29, 1.82) is 0 Å². The van der Waals surface area contributed by atoms with E-state index in [9.17, 15) is 4.79 Å². The number of fused-ring (bicyclic) bond motifs is 1. The number of carbonyl (C=O) groups is 1. The first-order valence-corrected chi connectivity index (χ1v) is 11.2. The van der Waals surface area contributed by atoms with Crippen LogP contribution in [0.15, 0.2) is 46.0 Å². The van der Waals surface area contributed by atoms with E-state index >= 15 is 0 Å². The lowest BCUT2D eigenvalue weighted by atomic mass is 10.2. The highest BCUT2D eigenvalue weighted by Gasteiger charge is 2.22. The highest BCUT2D eigenvalue weighted by molar-refractivity contribution is 6.01. The third-order valence-electron chi connectivity index (χ3n) is 5.62. The zero-order valence-corrected chi connectivity index (χ0v) is 20.0. The van der Waals surface area contributed by atoms with Crippen LogP contribution in [0, 0.1) is 0 Å². The molecule has 35 heavy (non-hydrogen) atoms. The van der Waals surface area contributed by atoms with Gasteiger partial charge < -0.3 is 19.9 Å². The van der Waals surface area contributed by atoms with Crippen LogP contribution in [0.3, 0.4) is 0 Å². The summed E-state index contributed by atoms with van der Waals surface area (Å²) in [5.74, 6) is 2.25. The van der Waals surface area contributed by atoms with Gasteiger partial charge in [-0.3, -0.25) is 19.7 Å². The summed E-state index contributed by atoms with van der Waals surface area (Å²) >= 11 is 0. The van der Waals surface area contributed by atoms with Gasteiger partial charge in [0.25, 0.3) is 0 Å². The number of rotatable bonds is 9. The van der Waals surface area contributed by atoms with E-state index in [-0.39, 0.29) is 0 Å². The van der Waals surface area contributed by atoms with Gasteiger partial charge in [0.1, 0.15) is 5.82 Å². The van der Waals surface area contributed by atoms with Crippen molar-refractivity contribution in [3.8, 4) is 11.4 Å². The average Bonchev–Trinajstić information content (AvgIpc) is 3.18. The zero-order chi connectivity index (χ0) is 24.8. The number of nitrogens with zero attached hydrogens (tertiary/aromatic N) is 8. The Kier molecular flexibility index (Phi) is 7.58. The van der Waals surface area contributed by atoms with E-state index in [1.54, 1.807) is 0 Å². The van der Waals surface area contributed by atoms with E-state index in [1.165, 1.54) is 12.4 Å². The van der Waals surface area contributed by atoms with Crippen molar-refractivity contribution in [2.24, 2.45) is 17.0 Å². The Balaban J connectivity index is 1.66. The van der Waals surface area contributed by atoms with Crippen molar-refractivity contribution in [3.63, 3.8) is 0 Å². The molecule has 1 aliphatic heterocycles. The predicted molar refractivity (Wildman–Crippen MR) is 138 cm³/mol. The number of imidazole rings is 1. The van der Waals surface area contributed by atoms with Crippen LogP contribution in [-0.2, 0) is 23.1 Å². The molecule has 3 heterocycles. The normalized spacial score (nSPS) is 14.8. The third-order valence-corrected chi connectivity index (χ3v) is 5.62. The molecule has 4 rings (SSSR count). The van der Waals surface area contributed by atoms with Crippen molar-refractivity contribution in [3.05, 3.63) is 41.9 Å². The van der Waals surface area contributed by atoms with Crippen LogP contribution in [0.2, 0.25) is 0 Å². The number of nitrogens with two attached hydrogens (primary N) is 1. The second kappa shape index (κ2) is 11.0. The van der Waals surface area contributed by atoms with Crippen molar-refractivity contribution < 1.29 is 9.53 Å². The monoisotopic (exact) mass is 475 g/mol. The summed E-state index contributed by atoms with van der Waals surface area (Å²) in [6.45, 7) is 7.02. The molecule has 182 valence electrons. The molecule has 2 aromatic heterocycles. The smallest absolute Gasteiger partial charge is 0.166 e. The Morgan fingerprint density at radius 2 is 1.97 bits per heavy atom. The van der Waals surface area contributed by atoms with Crippen LogP contribution < -0.4 is 10.6 Å². The van der Waals surface area contributed by atoms with Gasteiger partial charge in [-0.15, -0.1) is 0 Å². The molecular formula is C24H29N9O2. The second-order valence-corrected chi connectivity index (χ2v) is 8.25. The van der Waals surface area contributed by atoms with Gasteiger partial charge in [-0.2, -0.15) is 0 Å². The first-order chi connectivity index (χ1) is 17.0. The lowest BCUT2D eigenvalue weighted by Gasteiger charge is -2.28. The molecule has 3 aromatic rings. The molecule has 0 amide bonds. The summed E-state index contributed by atoms with van der Waals surface area (Å²) in [7, 11) is 3.88. The number of allylic oxidation sites excluding steroid dienone is 1. The van der Waals surface area contributed by atoms with E-state index in [2.05, 4.69) is 21.6 Å². The average molecular weight is 476 g/mol. The minimum Gasteiger partial charge on any atom is -0.399 e. The number of benzene rings is 1. The van der Waals surface area contributed by atoms with E-state index < -0.39 is 0 Å². The topological polar surface area (TPSA) is 127 Å². The van der Waals surface area contributed by atoms with Gasteiger partial charge in [-0.25, -0.2) is 15.0 Å². The van der Waals surface area contributed by atoms with Gasteiger partial charge in [0, 0.05) is 43.8 Å². The molecular weight excluding hydrogens is 446 g/mol. The van der Waals surface area contributed by atoms with Crippen molar-refractivity contribution in [2.45, 2.75) is 6.54 Å². The standard InChI is InChI=1S/C24H29N9O2/c1-26-12-17(15-34)13-27-16-31(2)14-20-28-21-23(32(20)3)29-22(18-4-6-19(25)7-5-18)30-24(21)33-8-10-35-11-9-33/h4-7,12-13,15H,1,8-11,14,16,25H2,2-3H3/b17-12+,27-13-. The molecule has 0 spiro atoms. The van der Waals surface area contributed by atoms with Crippen molar-refractivity contribution >= 4 is 41.9 Å². The fourth-order valence-corrected chi connectivity index (χ4v) is 3.77. The van der Waals surface area contributed by atoms with Crippen LogP contribution in [0.25, 0.3) is 22.6 Å². The lowest BCUT2D eigenvalue weighted by Crippen LogP contribution is -2.37. The maximum absolute atomic E-state index is 11.0. The lowest BCUT2D eigenvalue weighted by molar-refractivity contribution is -0.104. The number of aliphatic imine (C=N–C) groups is 2. The molecule has 1 fully saturated rings. The molecule has 0 atom stereocenters. The number of aromatic nitrogens is 4. The summed E-state index contributed by atoms with van der Waals surface area (Å²) in [6.07, 6.45) is 3.54. The van der Waals surface area contributed by atoms with Gasteiger partial charge in [0.05, 0.1) is 32.0 Å². The summed E-state index contributed by atoms with van der Waals surface area (Å²) < 4.78 is 7.53. The van der Waals surface area contributed by atoms with E-state index in [4.69, 9.17) is 25.4 Å². The van der Waals surface area contributed by atoms with Crippen molar-refractivity contribution in [2.75, 3.05) is 50.7 Å². The first-order valence-electron chi connectivity index (χ1n) is 11.2. The Morgan fingerprint density at radius 3 is 2.66 bits per heavy atom. The number of carbonyl (C=O) groups excluding carboxylic acids is 1. The molecule has 1 aliphatic rings. The molecule has 2 N–H and O–H groups in total.